The summed E-state index contributed by atoms with van der Waals surface area (Å²) < 4.78 is 0. The zero-order chi connectivity index (χ0) is 10.6. The Kier molecular flexibility index (Phi) is 4.39. The van der Waals surface area contributed by atoms with E-state index in [1.54, 1.807) is 0 Å². The second-order valence-corrected chi connectivity index (χ2v) is 5.37. The Labute approximate surface area is 89.1 Å². The van der Waals surface area contributed by atoms with Crippen molar-refractivity contribution in [3.8, 4) is 0 Å². The van der Waals surface area contributed by atoms with Crippen molar-refractivity contribution >= 4 is 0 Å². The minimum absolute atomic E-state index is 0.356. The maximum Gasteiger partial charge on any atom is 0.0278 e. The Morgan fingerprint density at radius 1 is 1.43 bits per heavy atom. The first-order chi connectivity index (χ1) is 6.56. The highest BCUT2D eigenvalue weighted by Gasteiger charge is 2.28. The van der Waals surface area contributed by atoms with Crippen LogP contribution in [0, 0.1) is 5.92 Å². The Morgan fingerprint density at radius 2 is 2.14 bits per heavy atom. The quantitative estimate of drug-likeness (QED) is 0.744. The molecule has 0 amide bonds. The van der Waals surface area contributed by atoms with Crippen LogP contribution in [0.4, 0.5) is 0 Å². The van der Waals surface area contributed by atoms with Crippen LogP contribution in [0.5, 0.6) is 0 Å². The van der Waals surface area contributed by atoms with E-state index in [0.29, 0.717) is 5.54 Å². The van der Waals surface area contributed by atoms with E-state index in [1.807, 2.05) is 0 Å². The molecular formula is C12H26N2. The molecule has 1 aliphatic rings. The van der Waals surface area contributed by atoms with Gasteiger partial charge in [0.05, 0.1) is 0 Å². The molecule has 1 atom stereocenters. The van der Waals surface area contributed by atoms with Gasteiger partial charge in [-0.25, -0.2) is 0 Å². The lowest BCUT2D eigenvalue weighted by Crippen LogP contribution is -2.53. The molecule has 0 spiro atoms. The minimum Gasteiger partial charge on any atom is -0.313 e. The summed E-state index contributed by atoms with van der Waals surface area (Å²) in [6, 6.07) is 0. The summed E-state index contributed by atoms with van der Waals surface area (Å²) in [5.41, 5.74) is 0.356. The van der Waals surface area contributed by atoms with Gasteiger partial charge in [-0.05, 0) is 52.2 Å². The van der Waals surface area contributed by atoms with E-state index in [9.17, 15) is 0 Å². The first-order valence-corrected chi connectivity index (χ1v) is 5.97. The lowest BCUT2D eigenvalue weighted by Gasteiger charge is -2.40. The Balaban J connectivity index is 2.33. The van der Waals surface area contributed by atoms with Gasteiger partial charge in [0, 0.05) is 12.1 Å². The highest BCUT2D eigenvalue weighted by molar-refractivity contribution is 4.89. The molecule has 0 radical (unpaired) electrons. The molecule has 2 nitrogen and oxygen atoms in total. The van der Waals surface area contributed by atoms with Crippen LogP contribution in [0.2, 0.25) is 0 Å². The molecule has 14 heavy (non-hydrogen) atoms. The predicted octanol–water partition coefficient (Wildman–Crippen LogP) is 2.11. The smallest absolute Gasteiger partial charge is 0.0278 e. The largest absolute Gasteiger partial charge is 0.313 e. The Morgan fingerprint density at radius 3 is 2.71 bits per heavy atom. The highest BCUT2D eigenvalue weighted by Crippen LogP contribution is 2.20. The number of piperidine rings is 1. The lowest BCUT2D eigenvalue weighted by atomic mass is 9.91. The molecule has 0 aromatic carbocycles. The number of hydrogen-bond acceptors (Lipinski definition) is 2. The monoisotopic (exact) mass is 198 g/mol. The van der Waals surface area contributed by atoms with Gasteiger partial charge in [0.2, 0.25) is 0 Å². The third-order valence-electron chi connectivity index (χ3n) is 3.40. The van der Waals surface area contributed by atoms with Crippen LogP contribution in [0.3, 0.4) is 0 Å². The van der Waals surface area contributed by atoms with Gasteiger partial charge in [-0.2, -0.15) is 0 Å². The molecular weight excluding hydrogens is 172 g/mol. The van der Waals surface area contributed by atoms with Crippen molar-refractivity contribution in [2.75, 3.05) is 26.7 Å². The number of hydrogen-bond donors (Lipinski definition) is 1. The number of nitrogens with one attached hydrogen (secondary N) is 1. The van der Waals surface area contributed by atoms with E-state index in [4.69, 9.17) is 0 Å². The van der Waals surface area contributed by atoms with Crippen LogP contribution in [0.1, 0.15) is 40.0 Å². The molecule has 2 heteroatoms. The summed E-state index contributed by atoms with van der Waals surface area (Å²) in [6.07, 6.45) is 4.00. The van der Waals surface area contributed by atoms with E-state index in [0.717, 1.165) is 5.92 Å². The number of nitrogens with zero attached hydrogens (tertiary/aromatic N) is 1. The van der Waals surface area contributed by atoms with Gasteiger partial charge in [0.25, 0.3) is 0 Å². The number of rotatable bonds is 4. The van der Waals surface area contributed by atoms with Crippen LogP contribution in [0.15, 0.2) is 0 Å². The van der Waals surface area contributed by atoms with Crippen molar-refractivity contribution in [2.24, 2.45) is 5.92 Å². The number of likely N-dealkylation sites (N-methyl/N-ethyl adjacent to an activating group) is 1. The second kappa shape index (κ2) is 5.13. The molecule has 1 saturated heterocycles. The molecule has 1 fully saturated rings. The van der Waals surface area contributed by atoms with Gasteiger partial charge < -0.3 is 10.2 Å². The van der Waals surface area contributed by atoms with Crippen LogP contribution in [0.25, 0.3) is 0 Å². The molecule has 1 unspecified atom stereocenters. The summed E-state index contributed by atoms with van der Waals surface area (Å²) in [5, 5.41) is 3.46. The molecule has 84 valence electrons. The van der Waals surface area contributed by atoms with Gasteiger partial charge in [-0.1, -0.05) is 13.8 Å². The van der Waals surface area contributed by atoms with Crippen molar-refractivity contribution in [3.05, 3.63) is 0 Å². The summed E-state index contributed by atoms with van der Waals surface area (Å²) in [4.78, 5) is 2.61. The average Bonchev–Trinajstić information content (AvgIpc) is 2.15. The maximum atomic E-state index is 3.46. The molecule has 0 saturated carbocycles. The average molecular weight is 198 g/mol. The van der Waals surface area contributed by atoms with E-state index >= 15 is 0 Å². The molecule has 0 bridgehead atoms. The molecule has 1 aliphatic heterocycles. The molecule has 1 N–H and O–H groups in total. The Hall–Kier alpha value is -0.0800. The summed E-state index contributed by atoms with van der Waals surface area (Å²) in [7, 11) is 2.09. The van der Waals surface area contributed by atoms with E-state index in [1.165, 1.54) is 38.9 Å². The second-order valence-electron chi connectivity index (χ2n) is 5.37. The van der Waals surface area contributed by atoms with Crippen molar-refractivity contribution in [3.63, 3.8) is 0 Å². The van der Waals surface area contributed by atoms with Crippen LogP contribution in [-0.2, 0) is 0 Å². The summed E-state index contributed by atoms with van der Waals surface area (Å²) in [6.45, 7) is 10.7. The minimum atomic E-state index is 0.356. The van der Waals surface area contributed by atoms with Gasteiger partial charge in [0.1, 0.15) is 0 Å². The van der Waals surface area contributed by atoms with Crippen LogP contribution in [-0.4, -0.2) is 37.1 Å². The summed E-state index contributed by atoms with van der Waals surface area (Å²) >= 11 is 0. The third-order valence-corrected chi connectivity index (χ3v) is 3.40. The third kappa shape index (κ3) is 3.58. The normalized spacial score (nSPS) is 29.8. The van der Waals surface area contributed by atoms with Gasteiger partial charge in [-0.3, -0.25) is 0 Å². The summed E-state index contributed by atoms with van der Waals surface area (Å²) in [5.74, 6) is 0.831. The topological polar surface area (TPSA) is 15.3 Å². The zero-order valence-corrected chi connectivity index (χ0v) is 10.3. The van der Waals surface area contributed by atoms with E-state index < -0.39 is 0 Å². The maximum absolute atomic E-state index is 3.46. The van der Waals surface area contributed by atoms with E-state index in [2.05, 4.69) is 38.0 Å². The number of likely N-dealkylation sites (tertiary alicyclic amines) is 1. The van der Waals surface area contributed by atoms with Crippen molar-refractivity contribution in [1.29, 1.82) is 0 Å². The molecule has 0 aliphatic carbocycles. The molecule has 1 rings (SSSR count). The Bertz CT molecular complexity index is 168. The van der Waals surface area contributed by atoms with E-state index in [-0.39, 0.29) is 0 Å². The zero-order valence-electron chi connectivity index (χ0n) is 10.3. The van der Waals surface area contributed by atoms with Gasteiger partial charge in [0.15, 0.2) is 0 Å². The fraction of sp³-hybridized carbons (Fsp3) is 1.00. The lowest BCUT2D eigenvalue weighted by molar-refractivity contribution is 0.134. The van der Waals surface area contributed by atoms with Crippen molar-refractivity contribution in [2.45, 2.75) is 45.6 Å². The fourth-order valence-corrected chi connectivity index (χ4v) is 2.18. The molecule has 0 aromatic rings. The van der Waals surface area contributed by atoms with Gasteiger partial charge >= 0.3 is 0 Å². The first-order valence-electron chi connectivity index (χ1n) is 5.97. The molecule has 0 aromatic heterocycles. The van der Waals surface area contributed by atoms with Gasteiger partial charge in [-0.15, -0.1) is 0 Å². The van der Waals surface area contributed by atoms with Crippen molar-refractivity contribution < 1.29 is 0 Å². The standard InChI is InChI=1S/C12H26N2/c1-11(2)6-9-14-8-5-7-12(3,10-14)13-4/h11,13H,5-10H2,1-4H3. The highest BCUT2D eigenvalue weighted by atomic mass is 15.2. The predicted molar refractivity (Wildman–Crippen MR) is 62.6 cm³/mol. The SMILES string of the molecule is CNC1(C)CCCN(CCC(C)C)C1. The van der Waals surface area contributed by atoms with Crippen molar-refractivity contribution in [1.82, 2.24) is 10.2 Å². The first kappa shape index (κ1) is 12.0. The van der Waals surface area contributed by atoms with Crippen LogP contribution >= 0.6 is 0 Å². The van der Waals surface area contributed by atoms with Crippen LogP contribution < -0.4 is 5.32 Å². The fourth-order valence-electron chi connectivity index (χ4n) is 2.18. The molecule has 1 heterocycles.